The first kappa shape index (κ1) is 14.9. The van der Waals surface area contributed by atoms with E-state index in [2.05, 4.69) is 4.72 Å². The number of ether oxygens (including phenoxy) is 1. The minimum Gasteiger partial charge on any atom is -0.377 e. The molecular formula is C13H15FN2O3S. The van der Waals surface area contributed by atoms with Crippen LogP contribution in [0.5, 0.6) is 0 Å². The second-order valence-electron chi connectivity index (χ2n) is 4.59. The van der Waals surface area contributed by atoms with Crippen LogP contribution in [0.2, 0.25) is 0 Å². The summed E-state index contributed by atoms with van der Waals surface area (Å²) in [5, 5.41) is 8.72. The molecule has 1 N–H and O–H groups in total. The van der Waals surface area contributed by atoms with Crippen LogP contribution in [0.4, 0.5) is 4.39 Å². The molecule has 2 rings (SSSR count). The molecule has 1 unspecified atom stereocenters. The average molecular weight is 298 g/mol. The molecule has 1 aliphatic rings. The number of nitrogens with zero attached hydrogens (tertiary/aromatic N) is 1. The Morgan fingerprint density at radius 3 is 2.90 bits per heavy atom. The first-order chi connectivity index (χ1) is 9.53. The van der Waals surface area contributed by atoms with E-state index in [1.54, 1.807) is 6.07 Å². The molecule has 1 atom stereocenters. The summed E-state index contributed by atoms with van der Waals surface area (Å²) in [7, 11) is -3.76. The predicted octanol–water partition coefficient (Wildman–Crippen LogP) is 1.54. The van der Waals surface area contributed by atoms with Gasteiger partial charge in [0.25, 0.3) is 0 Å². The van der Waals surface area contributed by atoms with Gasteiger partial charge in [0.05, 0.1) is 16.6 Å². The van der Waals surface area contributed by atoms with Gasteiger partial charge in [-0.1, -0.05) is 0 Å². The summed E-state index contributed by atoms with van der Waals surface area (Å²) < 4.78 is 45.2. The molecule has 0 aromatic heterocycles. The van der Waals surface area contributed by atoms with E-state index in [-0.39, 0.29) is 23.1 Å². The third kappa shape index (κ3) is 3.54. The van der Waals surface area contributed by atoms with E-state index < -0.39 is 15.8 Å². The molecule has 0 aliphatic carbocycles. The fourth-order valence-electron chi connectivity index (χ4n) is 2.01. The Morgan fingerprint density at radius 2 is 2.25 bits per heavy atom. The Hall–Kier alpha value is -1.49. The molecule has 0 saturated carbocycles. The lowest BCUT2D eigenvalue weighted by Gasteiger charge is -2.22. The van der Waals surface area contributed by atoms with Gasteiger partial charge in [0.2, 0.25) is 10.0 Å². The molecule has 108 valence electrons. The number of hydrogen-bond acceptors (Lipinski definition) is 4. The van der Waals surface area contributed by atoms with Crippen molar-refractivity contribution < 1.29 is 17.5 Å². The van der Waals surface area contributed by atoms with Crippen molar-refractivity contribution >= 4 is 10.0 Å². The van der Waals surface area contributed by atoms with Crippen LogP contribution in [0.3, 0.4) is 0 Å². The summed E-state index contributed by atoms with van der Waals surface area (Å²) >= 11 is 0. The highest BCUT2D eigenvalue weighted by Gasteiger charge is 2.20. The quantitative estimate of drug-likeness (QED) is 0.914. The van der Waals surface area contributed by atoms with Gasteiger partial charge in [-0.15, -0.1) is 0 Å². The van der Waals surface area contributed by atoms with E-state index in [4.69, 9.17) is 10.00 Å². The fourth-order valence-corrected chi connectivity index (χ4v) is 3.10. The highest BCUT2D eigenvalue weighted by atomic mass is 32.2. The molecule has 0 radical (unpaired) electrons. The zero-order valence-corrected chi connectivity index (χ0v) is 11.6. The third-order valence-electron chi connectivity index (χ3n) is 3.14. The summed E-state index contributed by atoms with van der Waals surface area (Å²) in [6.07, 6.45) is 2.69. The molecule has 5 nitrogen and oxygen atoms in total. The molecule has 1 aliphatic heterocycles. The normalized spacial score (nSPS) is 19.5. The van der Waals surface area contributed by atoms with Gasteiger partial charge in [-0.05, 0) is 37.5 Å². The number of nitriles is 1. The van der Waals surface area contributed by atoms with Crippen LogP contribution in [0.15, 0.2) is 23.1 Å². The zero-order valence-electron chi connectivity index (χ0n) is 10.8. The molecular weight excluding hydrogens is 283 g/mol. The maximum absolute atomic E-state index is 13.2. The molecule has 1 aromatic carbocycles. The SMILES string of the molecule is N#Cc1cc(S(=O)(=O)NCC2CCCCO2)ccc1F. The topological polar surface area (TPSA) is 79.2 Å². The van der Waals surface area contributed by atoms with Gasteiger partial charge in [-0.2, -0.15) is 5.26 Å². The van der Waals surface area contributed by atoms with Crippen LogP contribution in [0.25, 0.3) is 0 Å². The van der Waals surface area contributed by atoms with Crippen LogP contribution in [-0.4, -0.2) is 27.7 Å². The highest BCUT2D eigenvalue weighted by molar-refractivity contribution is 7.89. The van der Waals surface area contributed by atoms with Crippen LogP contribution in [0.1, 0.15) is 24.8 Å². The lowest BCUT2D eigenvalue weighted by molar-refractivity contribution is 0.0200. The maximum atomic E-state index is 13.2. The fraction of sp³-hybridized carbons (Fsp3) is 0.462. The van der Waals surface area contributed by atoms with E-state index >= 15 is 0 Å². The molecule has 20 heavy (non-hydrogen) atoms. The molecule has 1 fully saturated rings. The van der Waals surface area contributed by atoms with E-state index in [1.807, 2.05) is 0 Å². The number of sulfonamides is 1. The minimum atomic E-state index is -3.76. The Morgan fingerprint density at radius 1 is 1.45 bits per heavy atom. The van der Waals surface area contributed by atoms with Gasteiger partial charge in [0.15, 0.2) is 0 Å². The Kier molecular flexibility index (Phi) is 4.70. The second-order valence-corrected chi connectivity index (χ2v) is 6.36. The van der Waals surface area contributed by atoms with Crippen molar-refractivity contribution in [3.8, 4) is 6.07 Å². The minimum absolute atomic E-state index is 0.119. The summed E-state index contributed by atoms with van der Waals surface area (Å²) in [5.41, 5.74) is -0.290. The molecule has 1 heterocycles. The second kappa shape index (κ2) is 6.31. The number of hydrogen-bond donors (Lipinski definition) is 1. The summed E-state index contributed by atoms with van der Waals surface area (Å²) in [4.78, 5) is -0.119. The highest BCUT2D eigenvalue weighted by Crippen LogP contribution is 2.16. The van der Waals surface area contributed by atoms with Gasteiger partial charge in [0.1, 0.15) is 11.9 Å². The van der Waals surface area contributed by atoms with Gasteiger partial charge in [0, 0.05) is 13.2 Å². The van der Waals surface area contributed by atoms with Gasteiger partial charge >= 0.3 is 0 Å². The molecule has 7 heteroatoms. The predicted molar refractivity (Wildman–Crippen MR) is 69.9 cm³/mol. The van der Waals surface area contributed by atoms with Crippen molar-refractivity contribution in [2.45, 2.75) is 30.3 Å². The monoisotopic (exact) mass is 298 g/mol. The van der Waals surface area contributed by atoms with Crippen molar-refractivity contribution in [2.24, 2.45) is 0 Å². The molecule has 1 saturated heterocycles. The van der Waals surface area contributed by atoms with E-state index in [9.17, 15) is 12.8 Å². The van der Waals surface area contributed by atoms with E-state index in [1.165, 1.54) is 0 Å². The van der Waals surface area contributed by atoms with Crippen molar-refractivity contribution in [1.82, 2.24) is 4.72 Å². The van der Waals surface area contributed by atoms with Crippen LogP contribution >= 0.6 is 0 Å². The summed E-state index contributed by atoms with van der Waals surface area (Å²) in [5.74, 6) is -0.734. The van der Waals surface area contributed by atoms with E-state index in [0.29, 0.717) is 6.61 Å². The number of nitrogens with one attached hydrogen (secondary N) is 1. The smallest absolute Gasteiger partial charge is 0.240 e. The van der Waals surface area contributed by atoms with Gasteiger partial charge < -0.3 is 4.74 Å². The lowest BCUT2D eigenvalue weighted by Crippen LogP contribution is -2.35. The molecule has 0 spiro atoms. The van der Waals surface area contributed by atoms with Crippen LogP contribution in [0, 0.1) is 17.1 Å². The van der Waals surface area contributed by atoms with Gasteiger partial charge in [-0.25, -0.2) is 17.5 Å². The lowest BCUT2D eigenvalue weighted by atomic mass is 10.1. The summed E-state index contributed by atoms with van der Waals surface area (Å²) in [6, 6.07) is 4.76. The Balaban J connectivity index is 2.08. The average Bonchev–Trinajstić information content (AvgIpc) is 2.46. The van der Waals surface area contributed by atoms with Crippen molar-refractivity contribution in [3.63, 3.8) is 0 Å². The van der Waals surface area contributed by atoms with Crippen molar-refractivity contribution in [3.05, 3.63) is 29.6 Å². The largest absolute Gasteiger partial charge is 0.377 e. The van der Waals surface area contributed by atoms with Crippen molar-refractivity contribution in [2.75, 3.05) is 13.2 Å². The molecule has 0 bridgehead atoms. The van der Waals surface area contributed by atoms with E-state index in [0.717, 1.165) is 37.5 Å². The maximum Gasteiger partial charge on any atom is 0.240 e. The molecule has 1 aromatic rings. The number of halogens is 1. The summed E-state index contributed by atoms with van der Waals surface area (Å²) in [6.45, 7) is 0.823. The molecule has 0 amide bonds. The number of benzene rings is 1. The first-order valence-corrected chi connectivity index (χ1v) is 7.82. The first-order valence-electron chi connectivity index (χ1n) is 6.34. The zero-order chi connectivity index (χ0) is 14.6. The third-order valence-corrected chi connectivity index (χ3v) is 4.56. The van der Waals surface area contributed by atoms with Crippen molar-refractivity contribution in [1.29, 1.82) is 5.26 Å². The standard InChI is InChI=1S/C13H15FN2O3S/c14-13-5-4-12(7-10(13)8-15)20(17,18)16-9-11-3-1-2-6-19-11/h4-5,7,11,16H,1-3,6,9H2. The van der Waals surface area contributed by atoms with Crippen LogP contribution < -0.4 is 4.72 Å². The van der Waals surface area contributed by atoms with Gasteiger partial charge in [-0.3, -0.25) is 0 Å². The number of rotatable bonds is 4. The Bertz CT molecular complexity index is 619. The Labute approximate surface area is 117 Å². The van der Waals surface area contributed by atoms with Crippen LogP contribution in [-0.2, 0) is 14.8 Å².